The monoisotopic (exact) mass is 393 g/mol. The van der Waals surface area contributed by atoms with E-state index in [1.165, 1.54) is 0 Å². The lowest BCUT2D eigenvalue weighted by molar-refractivity contribution is 0.00580. The quantitative estimate of drug-likeness (QED) is 0.687. The third-order valence-corrected chi connectivity index (χ3v) is 5.39. The van der Waals surface area contributed by atoms with Crippen molar-refractivity contribution in [2.45, 2.75) is 25.2 Å². The molecule has 3 aromatic rings. The first-order valence-electron chi connectivity index (χ1n) is 9.89. The van der Waals surface area contributed by atoms with Gasteiger partial charge in [0.05, 0.1) is 24.2 Å². The zero-order valence-corrected chi connectivity index (χ0v) is 16.0. The van der Waals surface area contributed by atoms with Crippen LogP contribution in [0.15, 0.2) is 42.7 Å². The number of ether oxygens (including phenoxy) is 2. The summed E-state index contributed by atoms with van der Waals surface area (Å²) >= 11 is 0. The topological polar surface area (TPSA) is 96.4 Å². The van der Waals surface area contributed by atoms with Gasteiger partial charge in [0.15, 0.2) is 12.1 Å². The van der Waals surface area contributed by atoms with E-state index in [0.29, 0.717) is 31.5 Å². The molecule has 1 fully saturated rings. The van der Waals surface area contributed by atoms with Crippen molar-refractivity contribution in [2.24, 2.45) is 0 Å². The molecule has 8 nitrogen and oxygen atoms in total. The van der Waals surface area contributed by atoms with E-state index < -0.39 is 6.23 Å². The minimum atomic E-state index is -0.796. The zero-order valence-electron chi connectivity index (χ0n) is 16.0. The molecule has 0 radical (unpaired) electrons. The number of aliphatic hydroxyl groups excluding tert-OH is 1. The van der Waals surface area contributed by atoms with Crippen molar-refractivity contribution in [3.8, 4) is 5.88 Å². The lowest BCUT2D eigenvalue weighted by atomic mass is 10.1. The second kappa shape index (κ2) is 7.90. The number of fused-ring (bicyclic) bond motifs is 1. The maximum absolute atomic E-state index is 10.8. The van der Waals surface area contributed by atoms with E-state index in [4.69, 9.17) is 9.47 Å². The van der Waals surface area contributed by atoms with Gasteiger partial charge in [0.1, 0.15) is 11.8 Å². The molecule has 0 amide bonds. The fourth-order valence-corrected chi connectivity index (χ4v) is 3.87. The molecule has 1 saturated heterocycles. The van der Waals surface area contributed by atoms with Crippen molar-refractivity contribution < 1.29 is 14.6 Å². The number of rotatable bonds is 5. The Balaban J connectivity index is 1.28. The molecule has 0 spiro atoms. The Morgan fingerprint density at radius 1 is 1.24 bits per heavy atom. The number of aromatic nitrogens is 4. The molecule has 4 heterocycles. The average molecular weight is 393 g/mol. The van der Waals surface area contributed by atoms with Crippen molar-refractivity contribution in [1.82, 2.24) is 24.8 Å². The summed E-state index contributed by atoms with van der Waals surface area (Å²) in [6.07, 6.45) is 6.11. The van der Waals surface area contributed by atoms with Crippen LogP contribution in [0.1, 0.15) is 30.6 Å². The van der Waals surface area contributed by atoms with Crippen LogP contribution in [0.3, 0.4) is 0 Å². The van der Waals surface area contributed by atoms with Gasteiger partial charge in [-0.05, 0) is 30.5 Å². The Bertz CT molecular complexity index is 1000. The minimum Gasteiger partial charge on any atom is -0.471 e. The fraction of sp³-hybridized carbons (Fsp3) is 0.381. The first-order valence-corrected chi connectivity index (χ1v) is 9.89. The van der Waals surface area contributed by atoms with Gasteiger partial charge < -0.3 is 19.6 Å². The van der Waals surface area contributed by atoms with E-state index >= 15 is 0 Å². The minimum absolute atomic E-state index is 0.0649. The lowest BCUT2D eigenvalue weighted by Gasteiger charge is -2.21. The Morgan fingerprint density at radius 2 is 2.14 bits per heavy atom. The predicted octanol–water partition coefficient (Wildman–Crippen LogP) is 2.30. The van der Waals surface area contributed by atoms with Gasteiger partial charge in [-0.25, -0.2) is 15.0 Å². The Hall–Kier alpha value is -2.81. The fourth-order valence-electron chi connectivity index (χ4n) is 3.87. The molecule has 0 bridgehead atoms. The van der Waals surface area contributed by atoms with Crippen LogP contribution in [0.2, 0.25) is 0 Å². The molecule has 150 valence electrons. The number of benzene rings is 1. The highest BCUT2D eigenvalue weighted by molar-refractivity contribution is 5.74. The lowest BCUT2D eigenvalue weighted by Crippen LogP contribution is -2.30. The molecular weight excluding hydrogens is 370 g/mol. The van der Waals surface area contributed by atoms with Gasteiger partial charge in [-0.1, -0.05) is 18.2 Å². The van der Waals surface area contributed by atoms with Gasteiger partial charge in [0.2, 0.25) is 5.88 Å². The normalized spacial score (nSPS) is 21.3. The number of para-hydroxylation sites is 2. The Kier molecular flexibility index (Phi) is 4.97. The van der Waals surface area contributed by atoms with Crippen molar-refractivity contribution in [1.29, 1.82) is 0 Å². The van der Waals surface area contributed by atoms with Gasteiger partial charge in [0, 0.05) is 25.5 Å². The molecule has 2 aliphatic heterocycles. The average Bonchev–Trinajstić information content (AvgIpc) is 3.41. The second-order valence-corrected chi connectivity index (χ2v) is 7.30. The molecule has 2 aliphatic rings. The van der Waals surface area contributed by atoms with Gasteiger partial charge >= 0.3 is 0 Å². The van der Waals surface area contributed by atoms with Crippen LogP contribution in [0.4, 0.5) is 0 Å². The molecule has 2 N–H and O–H groups in total. The Morgan fingerprint density at radius 3 is 3.00 bits per heavy atom. The summed E-state index contributed by atoms with van der Waals surface area (Å²) in [6, 6.07) is 7.77. The maximum atomic E-state index is 10.8. The maximum Gasteiger partial charge on any atom is 0.240 e. The SMILES string of the molecule is OC(c1nc2ccccc2[nH]1)N1CCC(Oc2nccnc2C2=CCOCC2)C1. The summed E-state index contributed by atoms with van der Waals surface area (Å²) in [5, 5.41) is 10.8. The number of hydrogen-bond donors (Lipinski definition) is 2. The molecule has 0 aliphatic carbocycles. The zero-order chi connectivity index (χ0) is 19.6. The molecule has 29 heavy (non-hydrogen) atoms. The van der Waals surface area contributed by atoms with Crippen LogP contribution in [0, 0.1) is 0 Å². The molecule has 2 atom stereocenters. The smallest absolute Gasteiger partial charge is 0.240 e. The van der Waals surface area contributed by atoms with Crippen LogP contribution >= 0.6 is 0 Å². The third-order valence-electron chi connectivity index (χ3n) is 5.39. The molecule has 0 saturated carbocycles. The number of hydrogen-bond acceptors (Lipinski definition) is 7. The summed E-state index contributed by atoms with van der Waals surface area (Å²) in [5.41, 5.74) is 3.66. The summed E-state index contributed by atoms with van der Waals surface area (Å²) in [6.45, 7) is 2.58. The summed E-state index contributed by atoms with van der Waals surface area (Å²) < 4.78 is 11.6. The van der Waals surface area contributed by atoms with Crippen LogP contribution in [-0.4, -0.2) is 62.3 Å². The van der Waals surface area contributed by atoms with E-state index in [2.05, 4.69) is 19.9 Å². The second-order valence-electron chi connectivity index (χ2n) is 7.30. The highest BCUT2D eigenvalue weighted by atomic mass is 16.5. The van der Waals surface area contributed by atoms with Crippen molar-refractivity contribution in [3.05, 3.63) is 54.3 Å². The molecule has 2 aromatic heterocycles. The number of nitrogens with one attached hydrogen (secondary N) is 1. The summed E-state index contributed by atoms with van der Waals surface area (Å²) in [4.78, 5) is 18.6. The number of imidazole rings is 1. The first kappa shape index (κ1) is 18.2. The molecule has 2 unspecified atom stereocenters. The summed E-state index contributed by atoms with van der Waals surface area (Å²) in [7, 11) is 0. The molecule has 1 aromatic carbocycles. The van der Waals surface area contributed by atoms with Crippen molar-refractivity contribution >= 4 is 16.6 Å². The highest BCUT2D eigenvalue weighted by Crippen LogP contribution is 2.29. The number of likely N-dealkylation sites (tertiary alicyclic amines) is 1. The molecule has 8 heteroatoms. The van der Waals surface area contributed by atoms with E-state index in [0.717, 1.165) is 41.7 Å². The highest BCUT2D eigenvalue weighted by Gasteiger charge is 2.31. The van der Waals surface area contributed by atoms with Gasteiger partial charge in [-0.15, -0.1) is 0 Å². The number of aromatic amines is 1. The van der Waals surface area contributed by atoms with E-state index in [9.17, 15) is 5.11 Å². The van der Waals surface area contributed by atoms with Crippen LogP contribution in [0.25, 0.3) is 16.6 Å². The number of aliphatic hydroxyl groups is 1. The van der Waals surface area contributed by atoms with E-state index in [-0.39, 0.29) is 6.10 Å². The Labute approximate surface area is 168 Å². The molecular formula is C21H23N5O3. The number of H-pyrrole nitrogens is 1. The van der Waals surface area contributed by atoms with Crippen LogP contribution < -0.4 is 4.74 Å². The predicted molar refractivity (Wildman–Crippen MR) is 107 cm³/mol. The van der Waals surface area contributed by atoms with E-state index in [1.807, 2.05) is 35.2 Å². The third kappa shape index (κ3) is 3.74. The number of nitrogens with zero attached hydrogens (tertiary/aromatic N) is 4. The van der Waals surface area contributed by atoms with Gasteiger partial charge in [-0.2, -0.15) is 0 Å². The largest absolute Gasteiger partial charge is 0.471 e. The van der Waals surface area contributed by atoms with E-state index in [1.54, 1.807) is 12.4 Å². The van der Waals surface area contributed by atoms with Crippen LogP contribution in [0.5, 0.6) is 5.88 Å². The van der Waals surface area contributed by atoms with Crippen LogP contribution in [-0.2, 0) is 4.74 Å². The van der Waals surface area contributed by atoms with Crippen molar-refractivity contribution in [3.63, 3.8) is 0 Å². The van der Waals surface area contributed by atoms with Gasteiger partial charge in [-0.3, -0.25) is 4.90 Å². The molecule has 5 rings (SSSR count). The van der Waals surface area contributed by atoms with Crippen molar-refractivity contribution in [2.75, 3.05) is 26.3 Å². The summed E-state index contributed by atoms with van der Waals surface area (Å²) in [5.74, 6) is 1.10. The van der Waals surface area contributed by atoms with Gasteiger partial charge in [0.25, 0.3) is 0 Å². The first-order chi connectivity index (χ1) is 14.3. The standard InChI is InChI=1S/C21H23N5O3/c27-21(19-24-16-3-1-2-4-17(16)25-19)26-10-5-15(13-26)29-20-18(22-8-9-23-20)14-6-11-28-12-7-14/h1-4,6,8-9,15,21,27H,5,7,10-13H2,(H,24,25).